The van der Waals surface area contributed by atoms with Crippen LogP contribution >= 0.6 is 11.6 Å². The van der Waals surface area contributed by atoms with Crippen LogP contribution in [0.4, 0.5) is 11.4 Å². The second-order valence-electron chi connectivity index (χ2n) is 4.35. The van der Waals surface area contributed by atoms with Gasteiger partial charge in [0.05, 0.1) is 11.9 Å². The van der Waals surface area contributed by atoms with Gasteiger partial charge in [0, 0.05) is 16.6 Å². The van der Waals surface area contributed by atoms with E-state index in [1.807, 2.05) is 12.1 Å². The molecule has 0 aliphatic rings. The molecule has 0 saturated carbocycles. The first-order valence-corrected chi connectivity index (χ1v) is 6.31. The molecule has 0 aliphatic heterocycles. The number of carbonyl (C=O) groups excluding carboxylic acids is 1. The SMILES string of the molecule is Nc1ccc2[nH]c(C(=O)Nc3ccc(Cl)nc3)cc2c1. The van der Waals surface area contributed by atoms with E-state index < -0.39 is 0 Å². The van der Waals surface area contributed by atoms with Gasteiger partial charge in [0.15, 0.2) is 0 Å². The lowest BCUT2D eigenvalue weighted by molar-refractivity contribution is 0.102. The number of fused-ring (bicyclic) bond motifs is 1. The zero-order valence-electron chi connectivity index (χ0n) is 10.4. The lowest BCUT2D eigenvalue weighted by atomic mass is 10.2. The number of amides is 1. The molecule has 0 bridgehead atoms. The molecule has 1 aromatic carbocycles. The Bertz CT molecular complexity index is 779. The van der Waals surface area contributed by atoms with Crippen molar-refractivity contribution in [3.8, 4) is 0 Å². The minimum Gasteiger partial charge on any atom is -0.399 e. The monoisotopic (exact) mass is 286 g/mol. The highest BCUT2D eigenvalue weighted by Crippen LogP contribution is 2.19. The summed E-state index contributed by atoms with van der Waals surface area (Å²) in [6, 6.07) is 10.5. The van der Waals surface area contributed by atoms with Gasteiger partial charge in [-0.15, -0.1) is 0 Å². The van der Waals surface area contributed by atoms with Crippen LogP contribution in [0.2, 0.25) is 5.15 Å². The highest BCUT2D eigenvalue weighted by molar-refractivity contribution is 6.29. The molecule has 0 spiro atoms. The first kappa shape index (κ1) is 12.5. The minimum atomic E-state index is -0.246. The molecule has 0 radical (unpaired) electrons. The molecule has 20 heavy (non-hydrogen) atoms. The van der Waals surface area contributed by atoms with Gasteiger partial charge in [-0.25, -0.2) is 4.98 Å². The summed E-state index contributed by atoms with van der Waals surface area (Å²) in [4.78, 5) is 19.1. The maximum Gasteiger partial charge on any atom is 0.272 e. The van der Waals surface area contributed by atoms with Gasteiger partial charge in [0.2, 0.25) is 0 Å². The molecule has 0 fully saturated rings. The lowest BCUT2D eigenvalue weighted by Gasteiger charge is -2.02. The van der Waals surface area contributed by atoms with Gasteiger partial charge < -0.3 is 16.0 Å². The van der Waals surface area contributed by atoms with Gasteiger partial charge in [0.1, 0.15) is 10.8 Å². The molecule has 6 heteroatoms. The van der Waals surface area contributed by atoms with E-state index in [2.05, 4.69) is 15.3 Å². The molecule has 5 nitrogen and oxygen atoms in total. The second kappa shape index (κ2) is 4.86. The van der Waals surface area contributed by atoms with Crippen molar-refractivity contribution in [3.05, 3.63) is 53.4 Å². The van der Waals surface area contributed by atoms with Gasteiger partial charge in [-0.1, -0.05) is 11.6 Å². The van der Waals surface area contributed by atoms with Crippen LogP contribution in [0.15, 0.2) is 42.6 Å². The van der Waals surface area contributed by atoms with Crippen molar-refractivity contribution in [2.75, 3.05) is 11.1 Å². The molecule has 2 heterocycles. The van der Waals surface area contributed by atoms with Crippen molar-refractivity contribution in [2.45, 2.75) is 0 Å². The summed E-state index contributed by atoms with van der Waals surface area (Å²) in [7, 11) is 0. The Morgan fingerprint density at radius 3 is 2.85 bits per heavy atom. The van der Waals surface area contributed by atoms with Crippen LogP contribution < -0.4 is 11.1 Å². The van der Waals surface area contributed by atoms with Gasteiger partial charge in [-0.2, -0.15) is 0 Å². The van der Waals surface area contributed by atoms with Crippen molar-refractivity contribution >= 4 is 39.8 Å². The zero-order valence-corrected chi connectivity index (χ0v) is 11.1. The molecule has 0 atom stereocenters. The number of hydrogen-bond donors (Lipinski definition) is 3. The topological polar surface area (TPSA) is 83.8 Å². The molecule has 0 unspecified atom stereocenters. The van der Waals surface area contributed by atoms with Crippen molar-refractivity contribution in [1.29, 1.82) is 0 Å². The standard InChI is InChI=1S/C14H11ClN4O/c15-13-4-2-10(7-17-13)18-14(20)12-6-8-5-9(16)1-3-11(8)19-12/h1-7,19H,16H2,(H,18,20). The molecule has 2 aromatic heterocycles. The number of rotatable bonds is 2. The Kier molecular flexibility index (Phi) is 3.04. The Balaban J connectivity index is 1.86. The van der Waals surface area contributed by atoms with Crippen LogP contribution in [0.3, 0.4) is 0 Å². The third-order valence-corrected chi connectivity index (χ3v) is 3.10. The van der Waals surface area contributed by atoms with Gasteiger partial charge in [-0.05, 0) is 36.4 Å². The molecule has 4 N–H and O–H groups in total. The number of aromatic nitrogens is 2. The smallest absolute Gasteiger partial charge is 0.272 e. The molecular weight excluding hydrogens is 276 g/mol. The number of nitrogen functional groups attached to an aromatic ring is 1. The third-order valence-electron chi connectivity index (χ3n) is 2.87. The summed E-state index contributed by atoms with van der Waals surface area (Å²) in [5.41, 5.74) is 8.27. The van der Waals surface area contributed by atoms with Crippen LogP contribution in [0.5, 0.6) is 0 Å². The summed E-state index contributed by atoms with van der Waals surface area (Å²) >= 11 is 5.69. The van der Waals surface area contributed by atoms with Crippen molar-refractivity contribution in [3.63, 3.8) is 0 Å². The first-order valence-electron chi connectivity index (χ1n) is 5.93. The number of nitrogens with zero attached hydrogens (tertiary/aromatic N) is 1. The summed E-state index contributed by atoms with van der Waals surface area (Å²) < 4.78 is 0. The number of H-pyrrole nitrogens is 1. The van der Waals surface area contributed by atoms with E-state index in [9.17, 15) is 4.79 Å². The van der Waals surface area contributed by atoms with E-state index >= 15 is 0 Å². The Hall–Kier alpha value is -2.53. The summed E-state index contributed by atoms with van der Waals surface area (Å²) in [5.74, 6) is -0.246. The average Bonchev–Trinajstić information content (AvgIpc) is 2.84. The number of aromatic amines is 1. The molecule has 3 rings (SSSR count). The number of halogens is 1. The quantitative estimate of drug-likeness (QED) is 0.500. The molecule has 3 aromatic rings. The van der Waals surface area contributed by atoms with Crippen LogP contribution in [-0.4, -0.2) is 15.9 Å². The van der Waals surface area contributed by atoms with Crippen molar-refractivity contribution in [1.82, 2.24) is 9.97 Å². The number of pyridine rings is 1. The maximum atomic E-state index is 12.1. The lowest BCUT2D eigenvalue weighted by Crippen LogP contribution is -2.12. The molecule has 1 amide bonds. The zero-order chi connectivity index (χ0) is 14.1. The van der Waals surface area contributed by atoms with Crippen molar-refractivity contribution in [2.24, 2.45) is 0 Å². The van der Waals surface area contributed by atoms with Crippen molar-refractivity contribution < 1.29 is 4.79 Å². The third kappa shape index (κ3) is 2.44. The number of anilines is 2. The molecular formula is C14H11ClN4O. The minimum absolute atomic E-state index is 0.246. The number of nitrogens with one attached hydrogen (secondary N) is 2. The average molecular weight is 287 g/mol. The van der Waals surface area contributed by atoms with Gasteiger partial charge >= 0.3 is 0 Å². The largest absolute Gasteiger partial charge is 0.399 e. The first-order chi connectivity index (χ1) is 9.61. The number of carbonyl (C=O) groups is 1. The van der Waals surface area contributed by atoms with Crippen LogP contribution in [-0.2, 0) is 0 Å². The maximum absolute atomic E-state index is 12.1. The second-order valence-corrected chi connectivity index (χ2v) is 4.74. The van der Waals surface area contributed by atoms with E-state index in [1.54, 1.807) is 24.3 Å². The van der Waals surface area contributed by atoms with E-state index in [-0.39, 0.29) is 5.91 Å². The fourth-order valence-electron chi connectivity index (χ4n) is 1.92. The fraction of sp³-hybridized carbons (Fsp3) is 0. The van der Waals surface area contributed by atoms with Crippen LogP contribution in [0.1, 0.15) is 10.5 Å². The van der Waals surface area contributed by atoms with E-state index in [0.717, 1.165) is 10.9 Å². The normalized spacial score (nSPS) is 10.7. The Morgan fingerprint density at radius 2 is 2.10 bits per heavy atom. The highest BCUT2D eigenvalue weighted by Gasteiger charge is 2.10. The number of hydrogen-bond acceptors (Lipinski definition) is 3. The van der Waals surface area contributed by atoms with Crippen LogP contribution in [0, 0.1) is 0 Å². The van der Waals surface area contributed by atoms with E-state index in [1.165, 1.54) is 6.20 Å². The summed E-state index contributed by atoms with van der Waals surface area (Å²) in [5, 5.41) is 4.01. The molecule has 0 aliphatic carbocycles. The molecule has 100 valence electrons. The highest BCUT2D eigenvalue weighted by atomic mass is 35.5. The van der Waals surface area contributed by atoms with Crippen LogP contribution in [0.25, 0.3) is 10.9 Å². The van der Waals surface area contributed by atoms with Gasteiger partial charge in [0.25, 0.3) is 5.91 Å². The summed E-state index contributed by atoms with van der Waals surface area (Å²) in [6.07, 6.45) is 1.50. The number of nitrogens with two attached hydrogens (primary N) is 1. The van der Waals surface area contributed by atoms with Gasteiger partial charge in [-0.3, -0.25) is 4.79 Å². The summed E-state index contributed by atoms with van der Waals surface area (Å²) in [6.45, 7) is 0. The van der Waals surface area contributed by atoms with E-state index in [4.69, 9.17) is 17.3 Å². The fourth-order valence-corrected chi connectivity index (χ4v) is 2.03. The number of benzene rings is 1. The Morgan fingerprint density at radius 1 is 1.25 bits per heavy atom. The molecule has 0 saturated heterocycles. The predicted octanol–water partition coefficient (Wildman–Crippen LogP) is 3.05. The Labute approximate surface area is 119 Å². The van der Waals surface area contributed by atoms with E-state index in [0.29, 0.717) is 22.2 Å². The predicted molar refractivity (Wildman–Crippen MR) is 79.9 cm³/mol.